The number of hydrogen-bond acceptors (Lipinski definition) is 5. The third-order valence-corrected chi connectivity index (χ3v) is 5.52. The molecule has 0 fully saturated rings. The second-order valence-corrected chi connectivity index (χ2v) is 7.48. The number of ether oxygens (including phenoxy) is 2. The van der Waals surface area contributed by atoms with Gasteiger partial charge in [-0.25, -0.2) is 4.79 Å². The SMILES string of the molecule is CO/C=C(/C(=O)OC)c1ccccc1CSc1cccc(C(=O)c2ccccc2)c1. The summed E-state index contributed by atoms with van der Waals surface area (Å²) in [7, 11) is 2.84. The number of rotatable bonds is 8. The number of carbonyl (C=O) groups excluding carboxylic acids is 2. The molecule has 0 unspecified atom stereocenters. The third-order valence-electron chi connectivity index (χ3n) is 4.48. The van der Waals surface area contributed by atoms with Crippen molar-refractivity contribution in [2.45, 2.75) is 10.6 Å². The standard InChI is InChI=1S/C25H22O4S/c1-28-16-23(25(27)29-2)22-14-7-6-11-20(22)17-30-21-13-8-12-19(15-21)24(26)18-9-4-3-5-10-18/h3-16H,17H2,1-2H3/b23-16+. The zero-order valence-corrected chi connectivity index (χ0v) is 17.6. The lowest BCUT2D eigenvalue weighted by atomic mass is 10.0. The Bertz CT molecular complexity index is 1060. The Labute approximate surface area is 180 Å². The van der Waals surface area contributed by atoms with E-state index in [2.05, 4.69) is 0 Å². The van der Waals surface area contributed by atoms with Crippen LogP contribution < -0.4 is 0 Å². The number of methoxy groups -OCH3 is 2. The molecule has 0 heterocycles. The maximum atomic E-state index is 12.7. The van der Waals surface area contributed by atoms with Gasteiger partial charge in [-0.1, -0.05) is 66.7 Å². The molecule has 0 spiro atoms. The van der Waals surface area contributed by atoms with Crippen molar-refractivity contribution < 1.29 is 19.1 Å². The van der Waals surface area contributed by atoms with E-state index in [0.29, 0.717) is 22.5 Å². The van der Waals surface area contributed by atoms with Crippen molar-refractivity contribution in [2.75, 3.05) is 14.2 Å². The van der Waals surface area contributed by atoms with E-state index in [4.69, 9.17) is 9.47 Å². The van der Waals surface area contributed by atoms with E-state index in [-0.39, 0.29) is 5.78 Å². The van der Waals surface area contributed by atoms with E-state index >= 15 is 0 Å². The summed E-state index contributed by atoms with van der Waals surface area (Å²) in [5.41, 5.74) is 3.40. The van der Waals surface area contributed by atoms with E-state index in [1.54, 1.807) is 11.8 Å². The molecule has 30 heavy (non-hydrogen) atoms. The third kappa shape index (κ3) is 5.19. The predicted molar refractivity (Wildman–Crippen MR) is 119 cm³/mol. The molecular weight excluding hydrogens is 396 g/mol. The van der Waals surface area contributed by atoms with Crippen LogP contribution in [0, 0.1) is 0 Å². The molecule has 0 aliphatic heterocycles. The summed E-state index contributed by atoms with van der Waals surface area (Å²) < 4.78 is 9.97. The van der Waals surface area contributed by atoms with Crippen LogP contribution in [0.2, 0.25) is 0 Å². The van der Waals surface area contributed by atoms with Crippen LogP contribution in [0.15, 0.2) is 90.0 Å². The molecule has 0 N–H and O–H groups in total. The summed E-state index contributed by atoms with van der Waals surface area (Å²) >= 11 is 1.60. The molecule has 152 valence electrons. The Hall–Kier alpha value is -3.31. The Morgan fingerprint density at radius 1 is 0.867 bits per heavy atom. The van der Waals surface area contributed by atoms with Gasteiger partial charge in [-0.05, 0) is 23.3 Å². The Balaban J connectivity index is 1.81. The second kappa shape index (κ2) is 10.5. The molecule has 0 aromatic heterocycles. The average Bonchev–Trinajstić information content (AvgIpc) is 2.81. The molecular formula is C25H22O4S. The van der Waals surface area contributed by atoms with Crippen molar-refractivity contribution in [1.82, 2.24) is 0 Å². The number of hydrogen-bond donors (Lipinski definition) is 0. The van der Waals surface area contributed by atoms with Crippen molar-refractivity contribution in [1.29, 1.82) is 0 Å². The molecule has 4 nitrogen and oxygen atoms in total. The van der Waals surface area contributed by atoms with Crippen LogP contribution in [-0.2, 0) is 20.0 Å². The highest BCUT2D eigenvalue weighted by molar-refractivity contribution is 7.98. The normalized spacial score (nSPS) is 11.1. The van der Waals surface area contributed by atoms with Gasteiger partial charge in [0, 0.05) is 21.8 Å². The lowest BCUT2D eigenvalue weighted by molar-refractivity contribution is -0.133. The fourth-order valence-corrected chi connectivity index (χ4v) is 3.96. The minimum atomic E-state index is -0.454. The van der Waals surface area contributed by atoms with Gasteiger partial charge in [-0.15, -0.1) is 11.8 Å². The number of esters is 1. The molecule has 3 rings (SSSR count). The molecule has 0 saturated heterocycles. The van der Waals surface area contributed by atoms with E-state index in [0.717, 1.165) is 16.0 Å². The smallest absolute Gasteiger partial charge is 0.341 e. The van der Waals surface area contributed by atoms with Crippen molar-refractivity contribution in [2.24, 2.45) is 0 Å². The van der Waals surface area contributed by atoms with Gasteiger partial charge in [-0.2, -0.15) is 0 Å². The molecule has 0 amide bonds. The summed E-state index contributed by atoms with van der Waals surface area (Å²) in [5, 5.41) is 0. The molecule has 0 radical (unpaired) electrons. The zero-order valence-electron chi connectivity index (χ0n) is 16.8. The van der Waals surface area contributed by atoms with Crippen LogP contribution in [0.1, 0.15) is 27.0 Å². The van der Waals surface area contributed by atoms with Gasteiger partial charge in [0.25, 0.3) is 0 Å². The van der Waals surface area contributed by atoms with E-state index in [1.165, 1.54) is 20.5 Å². The molecule has 3 aromatic rings. The maximum absolute atomic E-state index is 12.7. The average molecular weight is 419 g/mol. The summed E-state index contributed by atoms with van der Waals surface area (Å²) in [4.78, 5) is 25.9. The summed E-state index contributed by atoms with van der Waals surface area (Å²) in [6.45, 7) is 0. The quantitative estimate of drug-likeness (QED) is 0.162. The van der Waals surface area contributed by atoms with E-state index in [9.17, 15) is 9.59 Å². The monoisotopic (exact) mass is 418 g/mol. The molecule has 3 aromatic carbocycles. The number of benzene rings is 3. The first-order valence-electron chi connectivity index (χ1n) is 9.36. The highest BCUT2D eigenvalue weighted by Gasteiger charge is 2.17. The largest absolute Gasteiger partial charge is 0.503 e. The van der Waals surface area contributed by atoms with E-state index in [1.807, 2.05) is 78.9 Å². The van der Waals surface area contributed by atoms with Gasteiger partial charge in [-0.3, -0.25) is 4.79 Å². The van der Waals surface area contributed by atoms with Gasteiger partial charge in [0.1, 0.15) is 5.57 Å². The van der Waals surface area contributed by atoms with Gasteiger partial charge in [0.2, 0.25) is 0 Å². The van der Waals surface area contributed by atoms with Crippen LogP contribution in [-0.4, -0.2) is 26.0 Å². The van der Waals surface area contributed by atoms with Crippen LogP contribution in [0.4, 0.5) is 0 Å². The van der Waals surface area contributed by atoms with Crippen molar-refractivity contribution in [3.63, 3.8) is 0 Å². The van der Waals surface area contributed by atoms with Crippen LogP contribution in [0.5, 0.6) is 0 Å². The zero-order chi connectivity index (χ0) is 21.3. The van der Waals surface area contributed by atoms with Crippen molar-refractivity contribution >= 4 is 29.1 Å². The molecule has 0 atom stereocenters. The molecule has 0 aliphatic carbocycles. The first-order chi connectivity index (χ1) is 14.6. The molecule has 0 bridgehead atoms. The first kappa shape index (κ1) is 21.4. The summed E-state index contributed by atoms with van der Waals surface area (Å²) in [6, 6.07) is 24.4. The molecule has 0 aliphatic rings. The Morgan fingerprint density at radius 2 is 1.57 bits per heavy atom. The number of thioether (sulfide) groups is 1. The van der Waals surface area contributed by atoms with Gasteiger partial charge in [0.05, 0.1) is 20.5 Å². The predicted octanol–water partition coefficient (Wildman–Crippen LogP) is 5.37. The summed E-state index contributed by atoms with van der Waals surface area (Å²) in [6.07, 6.45) is 1.40. The molecule has 0 saturated carbocycles. The van der Waals surface area contributed by atoms with Gasteiger partial charge >= 0.3 is 5.97 Å². The fourth-order valence-electron chi connectivity index (χ4n) is 3.00. The van der Waals surface area contributed by atoms with Crippen LogP contribution in [0.25, 0.3) is 5.57 Å². The number of carbonyl (C=O) groups is 2. The minimum absolute atomic E-state index is 0.00513. The van der Waals surface area contributed by atoms with Gasteiger partial charge in [0.15, 0.2) is 5.78 Å². The second-order valence-electron chi connectivity index (χ2n) is 6.43. The first-order valence-corrected chi connectivity index (χ1v) is 10.3. The van der Waals surface area contributed by atoms with E-state index < -0.39 is 5.97 Å². The lowest BCUT2D eigenvalue weighted by Crippen LogP contribution is -2.06. The van der Waals surface area contributed by atoms with Crippen LogP contribution in [0.3, 0.4) is 0 Å². The maximum Gasteiger partial charge on any atom is 0.341 e. The van der Waals surface area contributed by atoms with Gasteiger partial charge < -0.3 is 9.47 Å². The Kier molecular flexibility index (Phi) is 7.46. The Morgan fingerprint density at radius 3 is 2.30 bits per heavy atom. The minimum Gasteiger partial charge on any atom is -0.503 e. The topological polar surface area (TPSA) is 52.6 Å². The summed E-state index contributed by atoms with van der Waals surface area (Å²) in [5.74, 6) is 0.163. The fraction of sp³-hybridized carbons (Fsp3) is 0.120. The number of ketones is 1. The highest BCUT2D eigenvalue weighted by atomic mass is 32.2. The molecule has 5 heteroatoms. The highest BCUT2D eigenvalue weighted by Crippen LogP contribution is 2.29. The van der Waals surface area contributed by atoms with Crippen molar-refractivity contribution in [3.8, 4) is 0 Å². The lowest BCUT2D eigenvalue weighted by Gasteiger charge is -2.12. The van der Waals surface area contributed by atoms with Crippen molar-refractivity contribution in [3.05, 3.63) is 107 Å². The van der Waals surface area contributed by atoms with Crippen LogP contribution >= 0.6 is 11.8 Å².